The Hall–Kier alpha value is -4.99. The Balaban J connectivity index is 1.27. The zero-order valence-corrected chi connectivity index (χ0v) is 21.9. The molecule has 0 spiro atoms. The molecule has 40 heavy (non-hydrogen) atoms. The predicted octanol–water partition coefficient (Wildman–Crippen LogP) is 6.01. The zero-order valence-electron chi connectivity index (χ0n) is 21.9. The van der Waals surface area contributed by atoms with Crippen LogP contribution in [-0.2, 0) is 9.63 Å². The maximum Gasteiger partial charge on any atom is 0.256 e. The molecule has 0 radical (unpaired) electrons. The number of carbonyl (C=O) groups is 1. The molecule has 0 aliphatic carbocycles. The second-order valence-corrected chi connectivity index (χ2v) is 9.24. The number of carbonyl (C=O) groups excluding carboxylic acids is 1. The number of hydrogen-bond donors (Lipinski definition) is 1. The molecule has 2 aromatic heterocycles. The van der Waals surface area contributed by atoms with E-state index < -0.39 is 5.82 Å². The molecule has 1 N–H and O–H groups in total. The van der Waals surface area contributed by atoms with Crippen molar-refractivity contribution < 1.29 is 18.8 Å². The van der Waals surface area contributed by atoms with Crippen molar-refractivity contribution in [2.75, 3.05) is 26.0 Å². The third kappa shape index (κ3) is 4.79. The van der Waals surface area contributed by atoms with Gasteiger partial charge in [-0.25, -0.2) is 8.91 Å². The van der Waals surface area contributed by atoms with Gasteiger partial charge in [-0.2, -0.15) is 5.10 Å². The highest BCUT2D eigenvalue weighted by Gasteiger charge is 2.28. The quantitative estimate of drug-likeness (QED) is 0.287. The van der Waals surface area contributed by atoms with Crippen LogP contribution in [-0.4, -0.2) is 46.4 Å². The molecule has 0 bridgehead atoms. The lowest BCUT2D eigenvalue weighted by atomic mass is 10.0. The number of nitrogens with zero attached hydrogens (tertiary/aromatic N) is 4. The smallest absolute Gasteiger partial charge is 0.256 e. The summed E-state index contributed by atoms with van der Waals surface area (Å²) in [5.41, 5.74) is 4.92. The largest absolute Gasteiger partial charge is 0.452 e. The summed E-state index contributed by atoms with van der Waals surface area (Å²) in [5, 5.41) is 10.5. The standard InChI is InChI=1S/C31H26FN5O3/c1-35-29(22-11-7-4-8-12-22)25(20-39-36(35)2)31(38)34-23-13-14-27(26(32)19-23)40-28-15-17-33-37-18-16-24(30(28)37)21-9-5-3-6-10-21/h3-19H,20H2,1-2H3,(H,34,38). The number of ether oxygens (including phenoxy) is 1. The number of hydrogen-bond acceptors (Lipinski definition) is 6. The molecular weight excluding hydrogens is 509 g/mol. The molecule has 200 valence electrons. The highest BCUT2D eigenvalue weighted by atomic mass is 19.1. The van der Waals surface area contributed by atoms with Crippen LogP contribution in [0.2, 0.25) is 0 Å². The van der Waals surface area contributed by atoms with Crippen LogP contribution < -0.4 is 10.1 Å². The van der Waals surface area contributed by atoms with E-state index in [4.69, 9.17) is 9.57 Å². The summed E-state index contributed by atoms with van der Waals surface area (Å²) in [6.45, 7) is 0.0691. The molecule has 0 unspecified atom stereocenters. The summed E-state index contributed by atoms with van der Waals surface area (Å²) in [4.78, 5) is 19.0. The lowest BCUT2D eigenvalue weighted by Gasteiger charge is -2.36. The Morgan fingerprint density at radius 2 is 1.65 bits per heavy atom. The van der Waals surface area contributed by atoms with Gasteiger partial charge in [-0.05, 0) is 29.3 Å². The van der Waals surface area contributed by atoms with Crippen LogP contribution >= 0.6 is 0 Å². The topological polar surface area (TPSA) is 71.3 Å². The summed E-state index contributed by atoms with van der Waals surface area (Å²) in [6, 6.07) is 27.4. The lowest BCUT2D eigenvalue weighted by molar-refractivity contribution is -0.238. The van der Waals surface area contributed by atoms with Crippen molar-refractivity contribution in [1.29, 1.82) is 0 Å². The summed E-state index contributed by atoms with van der Waals surface area (Å²) in [6.07, 6.45) is 3.43. The fourth-order valence-electron chi connectivity index (χ4n) is 4.71. The van der Waals surface area contributed by atoms with E-state index in [1.54, 1.807) is 40.1 Å². The number of aromatic nitrogens is 2. The van der Waals surface area contributed by atoms with E-state index >= 15 is 4.39 Å². The average Bonchev–Trinajstić information content (AvgIpc) is 3.42. The SMILES string of the molecule is CN1OCC(C(=O)Nc2ccc(Oc3ccnn4ccc(-c5ccccc5)c34)c(F)c2)=C(c2ccccc2)N1C. The molecule has 0 saturated carbocycles. The number of anilines is 1. The van der Waals surface area contributed by atoms with Gasteiger partial charge in [0.05, 0.1) is 17.5 Å². The van der Waals surface area contributed by atoms with Gasteiger partial charge in [0, 0.05) is 43.7 Å². The number of hydrazine groups is 1. The molecule has 8 nitrogen and oxygen atoms in total. The minimum atomic E-state index is -0.616. The number of amides is 1. The first-order chi connectivity index (χ1) is 19.5. The lowest BCUT2D eigenvalue weighted by Crippen LogP contribution is -2.42. The highest BCUT2D eigenvalue weighted by molar-refractivity contribution is 6.09. The van der Waals surface area contributed by atoms with E-state index in [1.165, 1.54) is 12.1 Å². The Morgan fingerprint density at radius 1 is 0.925 bits per heavy atom. The van der Waals surface area contributed by atoms with Gasteiger partial charge in [0.15, 0.2) is 17.3 Å². The number of nitrogens with one attached hydrogen (secondary N) is 1. The van der Waals surface area contributed by atoms with Crippen LogP contribution in [0.1, 0.15) is 5.56 Å². The molecule has 0 saturated heterocycles. The van der Waals surface area contributed by atoms with E-state index in [9.17, 15) is 4.79 Å². The van der Waals surface area contributed by atoms with Crippen molar-refractivity contribution in [3.63, 3.8) is 0 Å². The summed E-state index contributed by atoms with van der Waals surface area (Å²) in [7, 11) is 3.57. The van der Waals surface area contributed by atoms with Crippen molar-refractivity contribution in [3.8, 4) is 22.6 Å². The molecule has 0 atom stereocenters. The molecule has 1 aliphatic heterocycles. The number of benzene rings is 3. The first-order valence-electron chi connectivity index (χ1n) is 12.7. The van der Waals surface area contributed by atoms with Crippen LogP contribution in [0.15, 0.2) is 109 Å². The number of rotatable bonds is 6. The minimum Gasteiger partial charge on any atom is -0.452 e. The second-order valence-electron chi connectivity index (χ2n) is 9.24. The third-order valence-corrected chi connectivity index (χ3v) is 6.76. The Bertz CT molecular complexity index is 1720. The molecule has 9 heteroatoms. The van der Waals surface area contributed by atoms with Crippen molar-refractivity contribution in [2.45, 2.75) is 0 Å². The van der Waals surface area contributed by atoms with Crippen LogP contribution in [0, 0.1) is 5.82 Å². The molecule has 6 rings (SSSR count). The van der Waals surface area contributed by atoms with E-state index in [0.717, 1.165) is 22.2 Å². The molecule has 5 aromatic rings. The second kappa shape index (κ2) is 10.6. The zero-order chi connectivity index (χ0) is 27.6. The first-order valence-corrected chi connectivity index (χ1v) is 12.7. The van der Waals surface area contributed by atoms with Crippen molar-refractivity contribution in [2.24, 2.45) is 0 Å². The van der Waals surface area contributed by atoms with Gasteiger partial charge in [-0.3, -0.25) is 14.6 Å². The van der Waals surface area contributed by atoms with Crippen LogP contribution in [0.4, 0.5) is 10.1 Å². The average molecular weight is 536 g/mol. The summed E-state index contributed by atoms with van der Waals surface area (Å²) in [5.74, 6) is -0.519. The maximum absolute atomic E-state index is 15.3. The van der Waals surface area contributed by atoms with Gasteiger partial charge in [0.1, 0.15) is 12.1 Å². The van der Waals surface area contributed by atoms with Gasteiger partial charge in [-0.15, -0.1) is 5.17 Å². The van der Waals surface area contributed by atoms with Gasteiger partial charge >= 0.3 is 0 Å². The number of hydroxylamine groups is 1. The minimum absolute atomic E-state index is 0.0258. The fourth-order valence-corrected chi connectivity index (χ4v) is 4.71. The Labute approximate surface area is 230 Å². The fraction of sp³-hybridized carbons (Fsp3) is 0.0968. The third-order valence-electron chi connectivity index (χ3n) is 6.76. The Kier molecular flexibility index (Phi) is 6.73. The van der Waals surface area contributed by atoms with Gasteiger partial charge < -0.3 is 10.1 Å². The van der Waals surface area contributed by atoms with E-state index in [1.807, 2.05) is 80.0 Å². The highest BCUT2D eigenvalue weighted by Crippen LogP contribution is 2.35. The molecule has 3 aromatic carbocycles. The van der Waals surface area contributed by atoms with Gasteiger partial charge in [0.25, 0.3) is 5.91 Å². The summed E-state index contributed by atoms with van der Waals surface area (Å²) < 4.78 is 23.0. The van der Waals surface area contributed by atoms with Gasteiger partial charge in [-0.1, -0.05) is 60.7 Å². The maximum atomic E-state index is 15.3. The van der Waals surface area contributed by atoms with Crippen molar-refractivity contribution in [1.82, 2.24) is 19.8 Å². The number of fused-ring (bicyclic) bond motifs is 1. The predicted molar refractivity (Wildman–Crippen MR) is 151 cm³/mol. The first kappa shape index (κ1) is 25.3. The molecular formula is C31H26FN5O3. The van der Waals surface area contributed by atoms with Crippen LogP contribution in [0.25, 0.3) is 22.3 Å². The molecule has 1 amide bonds. The summed E-state index contributed by atoms with van der Waals surface area (Å²) >= 11 is 0. The molecule has 3 heterocycles. The van der Waals surface area contributed by atoms with E-state index in [0.29, 0.717) is 22.7 Å². The van der Waals surface area contributed by atoms with Crippen molar-refractivity contribution >= 4 is 22.8 Å². The van der Waals surface area contributed by atoms with Crippen LogP contribution in [0.5, 0.6) is 11.5 Å². The molecule has 1 aliphatic rings. The normalized spacial score (nSPS) is 14.0. The van der Waals surface area contributed by atoms with E-state index in [2.05, 4.69) is 10.4 Å². The van der Waals surface area contributed by atoms with Crippen LogP contribution in [0.3, 0.4) is 0 Å². The monoisotopic (exact) mass is 535 g/mol. The molecule has 0 fully saturated rings. The Morgan fingerprint density at radius 3 is 2.38 bits per heavy atom. The number of halogens is 1. The van der Waals surface area contributed by atoms with Gasteiger partial charge in [0.2, 0.25) is 0 Å². The van der Waals surface area contributed by atoms with Crippen molar-refractivity contribution in [3.05, 3.63) is 120 Å². The van der Waals surface area contributed by atoms with E-state index in [-0.39, 0.29) is 18.3 Å².